The van der Waals surface area contributed by atoms with Crippen molar-refractivity contribution in [2.75, 3.05) is 0 Å². The molecule has 0 saturated heterocycles. The summed E-state index contributed by atoms with van der Waals surface area (Å²) in [6, 6.07) is 9.70. The zero-order valence-corrected chi connectivity index (χ0v) is 13.1. The molecule has 0 saturated carbocycles. The van der Waals surface area contributed by atoms with Gasteiger partial charge in [-0.25, -0.2) is 5.43 Å². The van der Waals surface area contributed by atoms with Crippen LogP contribution in [0.3, 0.4) is 0 Å². The fourth-order valence-electron chi connectivity index (χ4n) is 1.66. The highest BCUT2D eigenvalue weighted by molar-refractivity contribution is 7.73. The van der Waals surface area contributed by atoms with E-state index in [4.69, 9.17) is 12.2 Å². The van der Waals surface area contributed by atoms with E-state index in [2.05, 4.69) is 10.5 Å². The number of carbonyl (C=O) groups is 1. The van der Waals surface area contributed by atoms with Crippen LogP contribution in [-0.4, -0.2) is 16.2 Å². The summed E-state index contributed by atoms with van der Waals surface area (Å²) in [4.78, 5) is 12.7. The van der Waals surface area contributed by atoms with Gasteiger partial charge in [-0.15, -0.1) is 0 Å². The second kappa shape index (κ2) is 6.11. The Morgan fingerprint density at radius 3 is 2.55 bits per heavy atom. The number of aromatic nitrogens is 1. The van der Waals surface area contributed by atoms with E-state index in [1.807, 2.05) is 55.8 Å². The molecule has 2 aromatic rings. The molecule has 6 heteroatoms. The van der Waals surface area contributed by atoms with Crippen molar-refractivity contribution in [3.05, 3.63) is 50.4 Å². The van der Waals surface area contributed by atoms with Gasteiger partial charge in [0.1, 0.15) is 4.88 Å². The highest BCUT2D eigenvalue weighted by Crippen LogP contribution is 2.17. The number of amides is 1. The molecule has 2 rings (SSSR count). The van der Waals surface area contributed by atoms with Crippen LogP contribution < -0.4 is 5.43 Å². The average molecular weight is 305 g/mol. The van der Waals surface area contributed by atoms with Gasteiger partial charge in [0, 0.05) is 12.7 Å². The minimum Gasteiger partial charge on any atom is -0.330 e. The number of carbonyl (C=O) groups excluding carboxylic acids is 1. The van der Waals surface area contributed by atoms with Crippen LogP contribution in [0.1, 0.15) is 27.9 Å². The van der Waals surface area contributed by atoms with Gasteiger partial charge in [0.2, 0.25) is 0 Å². The van der Waals surface area contributed by atoms with Crippen molar-refractivity contribution in [3.63, 3.8) is 0 Å². The van der Waals surface area contributed by atoms with Crippen molar-refractivity contribution in [2.45, 2.75) is 13.8 Å². The summed E-state index contributed by atoms with van der Waals surface area (Å²) in [6.45, 7) is 3.73. The Labute approximate surface area is 126 Å². The maximum Gasteiger partial charge on any atom is 0.283 e. The molecule has 0 radical (unpaired) electrons. The standard InChI is InChI=1S/C14H15N3OS2/c1-9(11-7-5-4-6-8-11)15-16-13(18)12-10(2)17(3)14(19)20-12/h4-8H,1-3H3,(H,16,18)/b15-9+. The zero-order valence-electron chi connectivity index (χ0n) is 11.5. The van der Waals surface area contributed by atoms with Crippen molar-refractivity contribution in [2.24, 2.45) is 12.1 Å². The Morgan fingerprint density at radius 2 is 2.00 bits per heavy atom. The molecule has 0 spiro atoms. The van der Waals surface area contributed by atoms with Crippen molar-refractivity contribution in [3.8, 4) is 0 Å². The van der Waals surface area contributed by atoms with Crippen LogP contribution in [0.5, 0.6) is 0 Å². The number of benzene rings is 1. The van der Waals surface area contributed by atoms with Gasteiger partial charge in [-0.3, -0.25) is 4.79 Å². The summed E-state index contributed by atoms with van der Waals surface area (Å²) in [7, 11) is 1.85. The molecule has 0 aliphatic carbocycles. The van der Waals surface area contributed by atoms with Gasteiger partial charge < -0.3 is 4.57 Å². The maximum absolute atomic E-state index is 12.1. The number of rotatable bonds is 3. The molecule has 0 unspecified atom stereocenters. The summed E-state index contributed by atoms with van der Waals surface area (Å²) in [5.74, 6) is -0.227. The molecule has 20 heavy (non-hydrogen) atoms. The van der Waals surface area contributed by atoms with Gasteiger partial charge in [-0.1, -0.05) is 41.7 Å². The van der Waals surface area contributed by atoms with Gasteiger partial charge in [0.05, 0.1) is 5.71 Å². The topological polar surface area (TPSA) is 46.4 Å². The van der Waals surface area contributed by atoms with Gasteiger partial charge in [0.15, 0.2) is 3.95 Å². The third-order valence-corrected chi connectivity index (χ3v) is 4.68. The van der Waals surface area contributed by atoms with Crippen molar-refractivity contribution >= 4 is 35.2 Å². The summed E-state index contributed by atoms with van der Waals surface area (Å²) < 4.78 is 2.50. The number of thiazole rings is 1. The Kier molecular flexibility index (Phi) is 4.46. The predicted octanol–water partition coefficient (Wildman–Crippen LogP) is 3.28. The highest BCUT2D eigenvalue weighted by atomic mass is 32.1. The Balaban J connectivity index is 2.16. The third kappa shape index (κ3) is 3.02. The van der Waals surface area contributed by atoms with E-state index in [0.29, 0.717) is 8.83 Å². The Morgan fingerprint density at radius 1 is 1.35 bits per heavy atom. The predicted molar refractivity (Wildman–Crippen MR) is 85.0 cm³/mol. The molecule has 1 N–H and O–H groups in total. The minimum atomic E-state index is -0.227. The first-order valence-corrected chi connectivity index (χ1v) is 7.29. The summed E-state index contributed by atoms with van der Waals surface area (Å²) >= 11 is 6.45. The highest BCUT2D eigenvalue weighted by Gasteiger charge is 2.13. The van der Waals surface area contributed by atoms with E-state index >= 15 is 0 Å². The smallest absolute Gasteiger partial charge is 0.283 e. The fourth-order valence-corrected chi connectivity index (χ4v) is 2.92. The Hall–Kier alpha value is -1.79. The number of hydrogen-bond donors (Lipinski definition) is 1. The second-order valence-electron chi connectivity index (χ2n) is 4.35. The molecular weight excluding hydrogens is 290 g/mol. The van der Waals surface area contributed by atoms with E-state index in [1.165, 1.54) is 11.3 Å². The third-order valence-electron chi connectivity index (χ3n) is 3.02. The molecular formula is C14H15N3OS2. The monoisotopic (exact) mass is 305 g/mol. The van der Waals surface area contributed by atoms with Crippen molar-refractivity contribution < 1.29 is 4.79 Å². The van der Waals surface area contributed by atoms with E-state index < -0.39 is 0 Å². The molecule has 1 aromatic heterocycles. The minimum absolute atomic E-state index is 0.227. The Bertz CT molecular complexity index is 714. The van der Waals surface area contributed by atoms with Crippen LogP contribution in [0.2, 0.25) is 0 Å². The van der Waals surface area contributed by atoms with Crippen LogP contribution in [0.25, 0.3) is 0 Å². The lowest BCUT2D eigenvalue weighted by atomic mass is 10.1. The van der Waals surface area contributed by atoms with Gasteiger partial charge >= 0.3 is 0 Å². The van der Waals surface area contributed by atoms with Gasteiger partial charge in [-0.2, -0.15) is 5.10 Å². The zero-order chi connectivity index (χ0) is 14.7. The van der Waals surface area contributed by atoms with E-state index in [-0.39, 0.29) is 5.91 Å². The maximum atomic E-state index is 12.1. The fraction of sp³-hybridized carbons (Fsp3) is 0.214. The molecule has 4 nitrogen and oxygen atoms in total. The lowest BCUT2D eigenvalue weighted by Crippen LogP contribution is -2.19. The second-order valence-corrected chi connectivity index (χ2v) is 5.99. The first kappa shape index (κ1) is 14.6. The van der Waals surface area contributed by atoms with Crippen LogP contribution >= 0.6 is 23.6 Å². The number of nitrogens with zero attached hydrogens (tertiary/aromatic N) is 2. The summed E-state index contributed by atoms with van der Waals surface area (Å²) in [6.07, 6.45) is 0. The summed E-state index contributed by atoms with van der Waals surface area (Å²) in [5.41, 5.74) is 5.17. The van der Waals surface area contributed by atoms with Crippen LogP contribution in [0, 0.1) is 10.9 Å². The van der Waals surface area contributed by atoms with Crippen LogP contribution in [0.4, 0.5) is 0 Å². The van der Waals surface area contributed by atoms with Crippen LogP contribution in [0.15, 0.2) is 35.4 Å². The molecule has 1 amide bonds. The van der Waals surface area contributed by atoms with E-state index in [1.54, 1.807) is 0 Å². The molecule has 104 valence electrons. The molecule has 0 bridgehead atoms. The number of nitrogens with one attached hydrogen (secondary N) is 1. The molecule has 1 heterocycles. The lowest BCUT2D eigenvalue weighted by molar-refractivity contribution is 0.0958. The molecule has 0 aliphatic heterocycles. The first-order valence-electron chi connectivity index (χ1n) is 6.07. The van der Waals surface area contributed by atoms with E-state index in [0.717, 1.165) is 17.0 Å². The SMILES string of the molecule is C/C(=N\NC(=O)c1sc(=S)n(C)c1C)c1ccccc1. The van der Waals surface area contributed by atoms with Gasteiger partial charge in [-0.05, 0) is 31.6 Å². The van der Waals surface area contributed by atoms with Crippen LogP contribution in [-0.2, 0) is 7.05 Å². The quantitative estimate of drug-likeness (QED) is 0.537. The molecule has 0 aliphatic rings. The van der Waals surface area contributed by atoms with Crippen molar-refractivity contribution in [1.29, 1.82) is 0 Å². The number of hydrazone groups is 1. The first-order chi connectivity index (χ1) is 9.50. The largest absolute Gasteiger partial charge is 0.330 e. The molecule has 0 atom stereocenters. The lowest BCUT2D eigenvalue weighted by Gasteiger charge is -2.02. The van der Waals surface area contributed by atoms with Gasteiger partial charge in [0.25, 0.3) is 5.91 Å². The number of hydrogen-bond acceptors (Lipinski definition) is 4. The molecule has 0 fully saturated rings. The van der Waals surface area contributed by atoms with Crippen molar-refractivity contribution in [1.82, 2.24) is 9.99 Å². The normalized spacial score (nSPS) is 11.4. The summed E-state index contributed by atoms with van der Waals surface area (Å²) in [5, 5.41) is 4.13. The average Bonchev–Trinajstić information content (AvgIpc) is 2.73. The molecule has 1 aromatic carbocycles. The van der Waals surface area contributed by atoms with E-state index in [9.17, 15) is 4.79 Å².